The molecule has 10 aromatic carbocycles. The molecule has 0 unspecified atom stereocenters. The fourth-order valence-electron chi connectivity index (χ4n) is 12.5. The monoisotopic (exact) mass is 841 g/mol. The van der Waals surface area contributed by atoms with Gasteiger partial charge >= 0.3 is 0 Å². The van der Waals surface area contributed by atoms with Gasteiger partial charge in [0.05, 0.1) is 16.5 Å². The smallest absolute Gasteiger partial charge is 0.0719 e. The Morgan fingerprint density at radius 3 is 1.32 bits per heavy atom. The van der Waals surface area contributed by atoms with Crippen molar-refractivity contribution in [3.05, 3.63) is 304 Å². The van der Waals surface area contributed by atoms with Crippen LogP contribution in [0.2, 0.25) is 0 Å². The topological polar surface area (TPSA) is 3.24 Å². The van der Waals surface area contributed by atoms with Gasteiger partial charge in [0, 0.05) is 22.4 Å². The van der Waals surface area contributed by atoms with Crippen molar-refractivity contribution in [3.63, 3.8) is 0 Å². The van der Waals surface area contributed by atoms with Gasteiger partial charge in [0.15, 0.2) is 0 Å². The number of fused-ring (bicyclic) bond motifs is 12. The third-order valence-electron chi connectivity index (χ3n) is 15.2. The Hall–Kier alpha value is -8.00. The van der Waals surface area contributed by atoms with Gasteiger partial charge in [0.1, 0.15) is 0 Å². The minimum absolute atomic E-state index is 0.146. The van der Waals surface area contributed by atoms with Crippen LogP contribution in [0.15, 0.2) is 249 Å². The highest BCUT2D eigenvalue weighted by molar-refractivity contribution is 5.94. The first-order valence-corrected chi connectivity index (χ1v) is 23.3. The summed E-state index contributed by atoms with van der Waals surface area (Å²) in [7, 11) is 0. The second-order valence-corrected chi connectivity index (χ2v) is 18.7. The van der Waals surface area contributed by atoms with E-state index in [-0.39, 0.29) is 5.41 Å². The molecular weight excluding hydrogens is 795 g/mol. The lowest BCUT2D eigenvalue weighted by molar-refractivity contribution is 0.563. The second kappa shape index (κ2) is 14.5. The summed E-state index contributed by atoms with van der Waals surface area (Å²) in [5, 5.41) is 0. The molecule has 0 bridgehead atoms. The SMILES string of the molecule is CC1(C)c2ccccc2C2(c3ccccc3-c3cc(N(c4ccccc4)c4ccccc4-c4cccc(C5(c6ccccc6)c6ccccc6-c6ccccc65)c4)ccc32)c2ccccc21. The molecule has 0 radical (unpaired) electrons. The predicted molar refractivity (Wildman–Crippen MR) is 273 cm³/mol. The Morgan fingerprint density at radius 1 is 0.273 bits per heavy atom. The number of nitrogens with zero attached hydrogens (tertiary/aromatic N) is 1. The average Bonchev–Trinajstić information content (AvgIpc) is 3.85. The Labute approximate surface area is 388 Å². The molecule has 0 saturated heterocycles. The van der Waals surface area contributed by atoms with Gasteiger partial charge in [-0.2, -0.15) is 0 Å². The summed E-state index contributed by atoms with van der Waals surface area (Å²) in [4.78, 5) is 2.47. The van der Waals surface area contributed by atoms with Crippen molar-refractivity contribution in [2.45, 2.75) is 30.1 Å². The number of rotatable bonds is 6. The predicted octanol–water partition coefficient (Wildman–Crippen LogP) is 16.2. The van der Waals surface area contributed by atoms with E-state index in [1.54, 1.807) is 0 Å². The first-order valence-electron chi connectivity index (χ1n) is 23.3. The van der Waals surface area contributed by atoms with E-state index in [0.717, 1.165) is 17.1 Å². The van der Waals surface area contributed by atoms with Gasteiger partial charge in [0.2, 0.25) is 0 Å². The van der Waals surface area contributed by atoms with Gasteiger partial charge in [-0.15, -0.1) is 0 Å². The van der Waals surface area contributed by atoms with E-state index in [1.165, 1.54) is 89.0 Å². The van der Waals surface area contributed by atoms with Crippen LogP contribution in [0.3, 0.4) is 0 Å². The molecule has 0 N–H and O–H groups in total. The summed E-state index contributed by atoms with van der Waals surface area (Å²) >= 11 is 0. The van der Waals surface area contributed by atoms with Crippen molar-refractivity contribution in [2.75, 3.05) is 4.90 Å². The molecule has 66 heavy (non-hydrogen) atoms. The van der Waals surface area contributed by atoms with Crippen LogP contribution in [0.1, 0.15) is 69.5 Å². The number of anilines is 3. The lowest BCUT2D eigenvalue weighted by Crippen LogP contribution is -2.40. The summed E-state index contributed by atoms with van der Waals surface area (Å²) in [5.41, 5.74) is 23.1. The molecule has 0 heterocycles. The van der Waals surface area contributed by atoms with Crippen LogP contribution in [0.4, 0.5) is 17.1 Å². The highest BCUT2D eigenvalue weighted by Crippen LogP contribution is 2.63. The van der Waals surface area contributed by atoms with E-state index in [9.17, 15) is 0 Å². The summed E-state index contributed by atoms with van der Waals surface area (Å²) in [5.74, 6) is 0. The highest BCUT2D eigenvalue weighted by Gasteiger charge is 2.53. The molecule has 0 saturated carbocycles. The van der Waals surface area contributed by atoms with Crippen molar-refractivity contribution in [2.24, 2.45) is 0 Å². The quantitative estimate of drug-likeness (QED) is 0.161. The molecule has 1 heteroatoms. The number of benzene rings is 10. The average molecular weight is 842 g/mol. The zero-order valence-corrected chi connectivity index (χ0v) is 37.1. The number of para-hydroxylation sites is 2. The minimum Gasteiger partial charge on any atom is -0.310 e. The van der Waals surface area contributed by atoms with Gasteiger partial charge in [0.25, 0.3) is 0 Å². The van der Waals surface area contributed by atoms with E-state index < -0.39 is 10.8 Å². The number of hydrogen-bond donors (Lipinski definition) is 0. The molecule has 3 aliphatic carbocycles. The van der Waals surface area contributed by atoms with Crippen LogP contribution in [0.5, 0.6) is 0 Å². The van der Waals surface area contributed by atoms with Crippen LogP contribution >= 0.6 is 0 Å². The Bertz CT molecular complexity index is 3430. The lowest BCUT2D eigenvalue weighted by Gasteiger charge is -2.46. The highest BCUT2D eigenvalue weighted by atomic mass is 15.1. The molecule has 10 aromatic rings. The molecule has 0 aliphatic heterocycles. The van der Waals surface area contributed by atoms with Crippen LogP contribution in [0.25, 0.3) is 33.4 Å². The molecule has 0 atom stereocenters. The molecule has 1 spiro atoms. The Morgan fingerprint density at radius 2 is 0.712 bits per heavy atom. The minimum atomic E-state index is -0.493. The van der Waals surface area contributed by atoms with Gasteiger partial charge < -0.3 is 4.90 Å². The molecular formula is C65H47N. The van der Waals surface area contributed by atoms with Crippen molar-refractivity contribution in [3.8, 4) is 33.4 Å². The van der Waals surface area contributed by atoms with Gasteiger partial charge in [-0.25, -0.2) is 0 Å². The number of hydrogen-bond acceptors (Lipinski definition) is 1. The zero-order valence-electron chi connectivity index (χ0n) is 37.1. The van der Waals surface area contributed by atoms with Gasteiger partial charge in [-0.1, -0.05) is 226 Å². The van der Waals surface area contributed by atoms with Crippen molar-refractivity contribution in [1.29, 1.82) is 0 Å². The fourth-order valence-corrected chi connectivity index (χ4v) is 12.5. The van der Waals surface area contributed by atoms with Crippen LogP contribution in [-0.2, 0) is 16.2 Å². The van der Waals surface area contributed by atoms with Gasteiger partial charge in [-0.05, 0) is 120 Å². The first-order chi connectivity index (χ1) is 32.5. The molecule has 312 valence electrons. The molecule has 1 nitrogen and oxygen atoms in total. The standard InChI is InChI=1S/C65H47N/c1-63(2)58-35-16-18-37-60(58)65(61-38-19-17-36-59(61)63)56-34-15-11-31-52(56)53-43-48(40-41-57(53)65)66(47-26-7-4-8-27-47)62-39-20-12-28-49(62)44-22-21-25-46(42-44)64(45-23-5-3-6-24-45)54-32-13-9-29-50(54)51-30-10-14-33-55(51)64/h3-43H,1-2H3. The van der Waals surface area contributed by atoms with Crippen molar-refractivity contribution >= 4 is 17.1 Å². The van der Waals surface area contributed by atoms with Crippen molar-refractivity contribution in [1.82, 2.24) is 0 Å². The fraction of sp³-hybridized carbons (Fsp3) is 0.0769. The van der Waals surface area contributed by atoms with E-state index in [1.807, 2.05) is 0 Å². The van der Waals surface area contributed by atoms with E-state index in [4.69, 9.17) is 0 Å². The summed E-state index contributed by atoms with van der Waals surface area (Å²) in [6.45, 7) is 4.78. The van der Waals surface area contributed by atoms with Crippen LogP contribution in [0, 0.1) is 0 Å². The van der Waals surface area contributed by atoms with Crippen molar-refractivity contribution < 1.29 is 0 Å². The second-order valence-electron chi connectivity index (χ2n) is 18.7. The molecule has 0 fully saturated rings. The summed E-state index contributed by atoms with van der Waals surface area (Å²) in [6.07, 6.45) is 0. The normalized spacial score (nSPS) is 14.9. The zero-order chi connectivity index (χ0) is 44.0. The summed E-state index contributed by atoms with van der Waals surface area (Å²) < 4.78 is 0. The third-order valence-corrected chi connectivity index (χ3v) is 15.2. The van der Waals surface area contributed by atoms with E-state index in [2.05, 4.69) is 267 Å². The Balaban J connectivity index is 1.02. The largest absolute Gasteiger partial charge is 0.310 e. The Kier molecular flexibility index (Phi) is 8.45. The van der Waals surface area contributed by atoms with E-state index >= 15 is 0 Å². The van der Waals surface area contributed by atoms with E-state index in [0.29, 0.717) is 0 Å². The molecule has 0 aromatic heterocycles. The lowest BCUT2D eigenvalue weighted by atomic mass is 9.55. The first kappa shape index (κ1) is 38.5. The maximum absolute atomic E-state index is 2.47. The molecule has 0 amide bonds. The molecule has 3 aliphatic rings. The van der Waals surface area contributed by atoms with Gasteiger partial charge in [-0.3, -0.25) is 0 Å². The maximum atomic E-state index is 2.47. The third kappa shape index (κ3) is 5.17. The van der Waals surface area contributed by atoms with Crippen LogP contribution < -0.4 is 4.90 Å². The maximum Gasteiger partial charge on any atom is 0.0719 e. The molecule has 13 rings (SSSR count). The van der Waals surface area contributed by atoms with Crippen LogP contribution in [-0.4, -0.2) is 0 Å². The summed E-state index contributed by atoms with van der Waals surface area (Å²) in [6, 6.07) is 93.1.